The van der Waals surface area contributed by atoms with Gasteiger partial charge < -0.3 is 5.32 Å². The minimum atomic E-state index is -0.422. The lowest BCUT2D eigenvalue weighted by Crippen LogP contribution is -2.23. The zero-order chi connectivity index (χ0) is 15.4. The summed E-state index contributed by atoms with van der Waals surface area (Å²) in [4.78, 5) is 0. The van der Waals surface area contributed by atoms with Crippen molar-refractivity contribution in [2.75, 3.05) is 6.54 Å². The Morgan fingerprint density at radius 2 is 1.67 bits per heavy atom. The molecule has 0 saturated heterocycles. The van der Waals surface area contributed by atoms with Gasteiger partial charge in [-0.2, -0.15) is 0 Å². The zero-order valence-electron chi connectivity index (χ0n) is 11.5. The van der Waals surface area contributed by atoms with Gasteiger partial charge in [-0.15, -0.1) is 0 Å². The first-order valence-corrected chi connectivity index (χ1v) is 7.78. The van der Waals surface area contributed by atoms with Crippen LogP contribution in [0.1, 0.15) is 24.1 Å². The van der Waals surface area contributed by atoms with Gasteiger partial charge in [-0.05, 0) is 36.7 Å². The molecule has 1 unspecified atom stereocenters. The van der Waals surface area contributed by atoms with Crippen molar-refractivity contribution < 1.29 is 4.39 Å². The van der Waals surface area contributed by atoms with Gasteiger partial charge in [0.15, 0.2) is 0 Å². The molecule has 112 valence electrons. The van der Waals surface area contributed by atoms with Crippen LogP contribution in [0.2, 0.25) is 15.1 Å². The Hall–Kier alpha value is -0.800. The van der Waals surface area contributed by atoms with Crippen LogP contribution in [0.4, 0.5) is 4.39 Å². The van der Waals surface area contributed by atoms with Gasteiger partial charge in [0.2, 0.25) is 0 Å². The third kappa shape index (κ3) is 3.89. The molecule has 0 aliphatic carbocycles. The Morgan fingerprint density at radius 3 is 2.29 bits per heavy atom. The zero-order valence-corrected chi connectivity index (χ0v) is 13.7. The van der Waals surface area contributed by atoms with Gasteiger partial charge in [0.05, 0.1) is 5.02 Å². The summed E-state index contributed by atoms with van der Waals surface area (Å²) in [6.45, 7) is 2.73. The highest BCUT2D eigenvalue weighted by atomic mass is 35.5. The highest BCUT2D eigenvalue weighted by molar-refractivity contribution is 6.36. The minimum Gasteiger partial charge on any atom is -0.310 e. The molecule has 5 heteroatoms. The Bertz CT molecular complexity index is 611. The van der Waals surface area contributed by atoms with Gasteiger partial charge in [-0.3, -0.25) is 0 Å². The van der Waals surface area contributed by atoms with Crippen molar-refractivity contribution in [2.45, 2.75) is 19.4 Å². The van der Waals surface area contributed by atoms with Crippen molar-refractivity contribution >= 4 is 34.8 Å². The lowest BCUT2D eigenvalue weighted by atomic mass is 9.98. The summed E-state index contributed by atoms with van der Waals surface area (Å²) in [5.41, 5.74) is 1.53. The van der Waals surface area contributed by atoms with Gasteiger partial charge >= 0.3 is 0 Å². The van der Waals surface area contributed by atoms with Crippen molar-refractivity contribution in [3.05, 3.63) is 68.4 Å². The average molecular weight is 347 g/mol. The molecule has 0 fully saturated rings. The molecule has 1 N–H and O–H groups in total. The van der Waals surface area contributed by atoms with Crippen LogP contribution >= 0.6 is 34.8 Å². The fourth-order valence-electron chi connectivity index (χ4n) is 2.29. The van der Waals surface area contributed by atoms with E-state index in [9.17, 15) is 4.39 Å². The molecule has 0 aromatic heterocycles. The molecule has 2 aromatic rings. The van der Waals surface area contributed by atoms with Crippen LogP contribution in [0.3, 0.4) is 0 Å². The summed E-state index contributed by atoms with van der Waals surface area (Å²) in [5.74, 6) is -0.422. The van der Waals surface area contributed by atoms with Crippen molar-refractivity contribution in [2.24, 2.45) is 0 Å². The van der Waals surface area contributed by atoms with Crippen LogP contribution in [-0.4, -0.2) is 6.54 Å². The standard InChI is InChI=1S/C16H15Cl3FN/c1-2-21-14(15-11(17)6-4-7-12(15)18)9-10-5-3-8-13(20)16(10)19/h3-8,14,21H,2,9H2,1H3. The van der Waals surface area contributed by atoms with E-state index in [0.717, 1.165) is 17.7 Å². The van der Waals surface area contributed by atoms with Gasteiger partial charge in [0.25, 0.3) is 0 Å². The molecular weight excluding hydrogens is 332 g/mol. The largest absolute Gasteiger partial charge is 0.310 e. The van der Waals surface area contributed by atoms with Crippen LogP contribution in [0.15, 0.2) is 36.4 Å². The SMILES string of the molecule is CCNC(Cc1cccc(F)c1Cl)c1c(Cl)cccc1Cl. The molecule has 1 nitrogen and oxygen atoms in total. The quantitative estimate of drug-likeness (QED) is 0.734. The monoisotopic (exact) mass is 345 g/mol. The minimum absolute atomic E-state index is 0.129. The van der Waals surface area contributed by atoms with Gasteiger partial charge in [-0.25, -0.2) is 4.39 Å². The molecule has 0 saturated carbocycles. The Balaban J connectivity index is 2.38. The van der Waals surface area contributed by atoms with Crippen molar-refractivity contribution in [1.82, 2.24) is 5.32 Å². The molecule has 0 aliphatic heterocycles. The van der Waals surface area contributed by atoms with Gasteiger partial charge in [0, 0.05) is 21.7 Å². The van der Waals surface area contributed by atoms with E-state index in [-0.39, 0.29) is 11.1 Å². The third-order valence-corrected chi connectivity index (χ3v) is 4.34. The van der Waals surface area contributed by atoms with E-state index in [2.05, 4.69) is 5.32 Å². The second kappa shape index (κ2) is 7.46. The van der Waals surface area contributed by atoms with Gasteiger partial charge in [-0.1, -0.05) is 59.9 Å². The highest BCUT2D eigenvalue weighted by Gasteiger charge is 2.19. The number of halogens is 4. The molecule has 21 heavy (non-hydrogen) atoms. The first-order chi connectivity index (χ1) is 10.0. The molecule has 0 amide bonds. The number of nitrogens with one attached hydrogen (secondary N) is 1. The molecule has 2 aromatic carbocycles. The molecule has 1 atom stereocenters. The van der Waals surface area contributed by atoms with Gasteiger partial charge in [0.1, 0.15) is 5.82 Å². The summed E-state index contributed by atoms with van der Waals surface area (Å²) < 4.78 is 13.6. The summed E-state index contributed by atoms with van der Waals surface area (Å²) in [5, 5.41) is 4.64. The average Bonchev–Trinajstić information content (AvgIpc) is 2.44. The lowest BCUT2D eigenvalue weighted by Gasteiger charge is -2.21. The second-order valence-corrected chi connectivity index (χ2v) is 5.86. The van der Waals surface area contributed by atoms with E-state index in [1.165, 1.54) is 6.07 Å². The predicted molar refractivity (Wildman–Crippen MR) is 88.0 cm³/mol. The number of rotatable bonds is 5. The topological polar surface area (TPSA) is 12.0 Å². The number of benzene rings is 2. The summed E-state index contributed by atoms with van der Waals surface area (Å²) >= 11 is 18.6. The van der Waals surface area contributed by atoms with E-state index in [1.807, 2.05) is 6.92 Å². The van der Waals surface area contributed by atoms with E-state index < -0.39 is 5.82 Å². The maximum atomic E-state index is 13.6. The fourth-order valence-corrected chi connectivity index (χ4v) is 3.16. The molecule has 0 bridgehead atoms. The number of hydrogen-bond donors (Lipinski definition) is 1. The molecule has 0 radical (unpaired) electrons. The lowest BCUT2D eigenvalue weighted by molar-refractivity contribution is 0.547. The number of likely N-dealkylation sites (N-methyl/N-ethyl adjacent to an activating group) is 1. The Morgan fingerprint density at radius 1 is 1.05 bits per heavy atom. The predicted octanol–water partition coefficient (Wildman–Crippen LogP) is 5.68. The number of hydrogen-bond acceptors (Lipinski definition) is 1. The van der Waals surface area contributed by atoms with Crippen molar-refractivity contribution in [1.29, 1.82) is 0 Å². The molecule has 0 aliphatic rings. The van der Waals surface area contributed by atoms with Crippen LogP contribution in [0.5, 0.6) is 0 Å². The molecule has 2 rings (SSSR count). The van der Waals surface area contributed by atoms with Crippen LogP contribution in [0.25, 0.3) is 0 Å². The molecule has 0 spiro atoms. The van der Waals surface area contributed by atoms with Crippen LogP contribution < -0.4 is 5.32 Å². The highest BCUT2D eigenvalue weighted by Crippen LogP contribution is 2.33. The first-order valence-electron chi connectivity index (χ1n) is 6.64. The molecule has 0 heterocycles. The van der Waals surface area contributed by atoms with E-state index in [0.29, 0.717) is 16.5 Å². The molecular formula is C16H15Cl3FN. The van der Waals surface area contributed by atoms with E-state index in [4.69, 9.17) is 34.8 Å². The second-order valence-electron chi connectivity index (χ2n) is 4.66. The van der Waals surface area contributed by atoms with Crippen molar-refractivity contribution in [3.8, 4) is 0 Å². The van der Waals surface area contributed by atoms with Crippen molar-refractivity contribution in [3.63, 3.8) is 0 Å². The van der Waals surface area contributed by atoms with E-state index >= 15 is 0 Å². The van der Waals surface area contributed by atoms with Crippen LogP contribution in [-0.2, 0) is 6.42 Å². The Kier molecular flexibility index (Phi) is 5.88. The maximum Gasteiger partial charge on any atom is 0.142 e. The van der Waals surface area contributed by atoms with E-state index in [1.54, 1.807) is 30.3 Å². The van der Waals surface area contributed by atoms with Crippen LogP contribution in [0, 0.1) is 5.82 Å². The summed E-state index contributed by atoms with van der Waals surface area (Å²) in [6.07, 6.45) is 0.508. The summed E-state index contributed by atoms with van der Waals surface area (Å²) in [7, 11) is 0. The maximum absolute atomic E-state index is 13.6. The summed E-state index contributed by atoms with van der Waals surface area (Å²) in [6, 6.07) is 10.0. The fraction of sp³-hybridized carbons (Fsp3) is 0.250. The normalized spacial score (nSPS) is 12.4. The smallest absolute Gasteiger partial charge is 0.142 e. The first kappa shape index (κ1) is 16.6. The Labute approximate surface area is 139 Å². The third-order valence-electron chi connectivity index (χ3n) is 3.25.